The van der Waals surface area contributed by atoms with Gasteiger partial charge in [0.15, 0.2) is 11.4 Å². The largest absolute Gasteiger partial charge is 0.460 e. The minimum absolute atomic E-state index is 0.0119. The van der Waals surface area contributed by atoms with Crippen LogP contribution in [-0.2, 0) is 97.5 Å². The lowest BCUT2D eigenvalue weighted by Crippen LogP contribution is -2.54. The number of fused-ring (bicyclic) bond motifs is 6. The smallest absolute Gasteiger partial charge is 0.407 e. The van der Waals surface area contributed by atoms with Crippen LogP contribution in [-0.4, -0.2) is 273 Å². The average molecular weight is 1820 g/mol. The van der Waals surface area contributed by atoms with Gasteiger partial charge in [-0.15, -0.1) is 0 Å². The number of aliphatic hydroxyl groups is 1. The molecule has 710 valence electrons. The first-order valence-corrected chi connectivity index (χ1v) is 46.4. The third-order valence-electron chi connectivity index (χ3n) is 25.7. The third-order valence-corrected chi connectivity index (χ3v) is 25.7. The zero-order chi connectivity index (χ0) is 93.2. The molecule has 0 radical (unpaired) electrons. The fourth-order valence-corrected chi connectivity index (χ4v) is 18.1. The summed E-state index contributed by atoms with van der Waals surface area (Å²) in [5, 5.41) is 23.8. The maximum absolute atomic E-state index is 14.5. The number of anilines is 4. The van der Waals surface area contributed by atoms with Gasteiger partial charge in [0.25, 0.3) is 11.8 Å². The van der Waals surface area contributed by atoms with Crippen molar-refractivity contribution in [2.24, 2.45) is 23.7 Å². The topological polar surface area (TPSA) is 453 Å². The lowest BCUT2D eigenvalue weighted by molar-refractivity contribution is -0.167. The number of piperazine rings is 1. The molecule has 0 spiro atoms. The van der Waals surface area contributed by atoms with E-state index in [9.17, 15) is 43.5 Å². The molecule has 2 bridgehead atoms. The number of aliphatic hydroxyl groups excluding tert-OH is 1. The Kier molecular flexibility index (Phi) is 35.9. The van der Waals surface area contributed by atoms with Crippen LogP contribution in [0.25, 0.3) is 33.3 Å². The quantitative estimate of drug-likeness (QED) is 0.0110. The number of amides is 4. The molecule has 36 heteroatoms. The molecule has 6 aliphatic rings. The number of alkyl carbamates (subject to hydrolysis) is 1. The molecule has 1 aliphatic carbocycles. The highest BCUT2D eigenvalue weighted by Gasteiger charge is 2.43. The number of carbonyl (C=O) groups is 8. The Bertz CT molecular complexity index is 5220. The van der Waals surface area contributed by atoms with Crippen molar-refractivity contribution in [2.75, 3.05) is 134 Å². The van der Waals surface area contributed by atoms with Crippen LogP contribution >= 0.6 is 0 Å². The number of benzene rings is 1. The number of Topliss-reactive ketones (excluding diaryl/α,β-unsaturated/α-hetero) is 3. The Morgan fingerprint density at radius 3 is 2.17 bits per heavy atom. The molecule has 132 heavy (non-hydrogen) atoms. The van der Waals surface area contributed by atoms with E-state index in [2.05, 4.69) is 68.7 Å². The van der Waals surface area contributed by atoms with Crippen LogP contribution in [0.5, 0.6) is 0 Å². The zero-order valence-electron chi connectivity index (χ0n) is 76.8. The highest BCUT2D eigenvalue weighted by molar-refractivity contribution is 6.38. The van der Waals surface area contributed by atoms with Crippen LogP contribution in [0.4, 0.5) is 28.3 Å². The van der Waals surface area contributed by atoms with E-state index in [1.807, 2.05) is 88.9 Å². The molecular formula is C96H128N18O18. The van der Waals surface area contributed by atoms with Gasteiger partial charge in [-0.3, -0.25) is 28.8 Å². The van der Waals surface area contributed by atoms with E-state index in [1.165, 1.54) is 30.1 Å². The average Bonchev–Trinajstić information content (AvgIpc) is 1.61. The standard InChI is InChI=1S/C96H128N18O18/c1-60-14-9-8-10-15-61(2)79(124-6)51-73-16-13-18-78(130-73)85(119)92(121)113-32-12-11-17-76(113)93(122)131-74(50-77(115)62(3)47-64(5)84(118)86(125-7)83(117)63(4)46-60)26-22-65-20-24-72(25-21-65)132-96(123)105-54-67-52-102-94(103-53-67)110-34-36-111(37-35-110)95-104-56-75(87(97)108-95)91(120)100-31-39-127-41-43-129-45-44-128-42-40-126-38-29-80(116)112-33-28-68-48-66(19-23-70(68)58-112)57-114-90-81(88(98)106-59-107-90)82(109-114)71-49-69-27-30-99-89(69)101-55-71/h8-10,14-15,19,23,27,30,47-49,52-53,55-56,59-60,62-63,65,72-74,76,78-79,84,86,118H,11-13,16-18,20-22,24-26,28-29,31-46,50-51,54,57-58H2,1-7H3,(H,99,101)(H,100,120)(H,105,123)(H2,97,104,108)(H2,98,106,107)/b10-8?,14-9+,61-15?,64-47+/t60-,62-,63-,65?,72?,73?,74-,76+,78?,79+,84-,86+/m1/s1. The number of carbonyl (C=O) groups excluding carboxylic acids is 8. The third kappa shape index (κ3) is 26.8. The summed E-state index contributed by atoms with van der Waals surface area (Å²) in [6.07, 6.45) is 23.6. The van der Waals surface area contributed by atoms with E-state index in [1.54, 1.807) is 45.6 Å². The van der Waals surface area contributed by atoms with E-state index in [0.29, 0.717) is 215 Å². The lowest BCUT2D eigenvalue weighted by atomic mass is 9.83. The van der Waals surface area contributed by atoms with Crippen LogP contribution in [0.3, 0.4) is 0 Å². The fourth-order valence-electron chi connectivity index (χ4n) is 18.1. The number of hydrogen-bond acceptors (Lipinski definition) is 30. The number of cyclic esters (lactones) is 1. The lowest BCUT2D eigenvalue weighted by Gasteiger charge is -2.36. The number of esters is 1. The van der Waals surface area contributed by atoms with Crippen LogP contribution in [0.1, 0.15) is 170 Å². The van der Waals surface area contributed by atoms with Gasteiger partial charge < -0.3 is 94.4 Å². The number of nitrogen functional groups attached to an aromatic ring is 2. The molecule has 7 aromatic rings. The fraction of sp³-hybridized carbons (Fsp3) is 0.562. The van der Waals surface area contributed by atoms with Gasteiger partial charge in [-0.1, -0.05) is 75.4 Å². The second-order valence-corrected chi connectivity index (χ2v) is 35.3. The zero-order valence-corrected chi connectivity index (χ0v) is 76.8. The highest BCUT2D eigenvalue weighted by atomic mass is 16.6. The molecule has 8 N–H and O–H groups in total. The molecule has 1 aromatic carbocycles. The van der Waals surface area contributed by atoms with Crippen molar-refractivity contribution in [3.8, 4) is 11.3 Å². The number of aromatic nitrogens is 10. The first-order valence-electron chi connectivity index (χ1n) is 46.4. The number of methoxy groups -OCH3 is 2. The summed E-state index contributed by atoms with van der Waals surface area (Å²) in [4.78, 5) is 153. The molecule has 5 aliphatic heterocycles. The van der Waals surface area contributed by atoms with Crippen LogP contribution < -0.4 is 31.9 Å². The predicted octanol–water partition coefficient (Wildman–Crippen LogP) is 9.25. The summed E-state index contributed by atoms with van der Waals surface area (Å²) in [6.45, 7) is 16.0. The van der Waals surface area contributed by atoms with Crippen LogP contribution in [0, 0.1) is 23.7 Å². The van der Waals surface area contributed by atoms with E-state index in [4.69, 9.17) is 59.2 Å². The molecule has 6 aromatic heterocycles. The van der Waals surface area contributed by atoms with Gasteiger partial charge in [-0.25, -0.2) is 44.2 Å². The number of ether oxygens (including phenoxy) is 9. The number of allylic oxidation sites excluding steroid dienone is 6. The maximum Gasteiger partial charge on any atom is 0.407 e. The number of aromatic amines is 1. The summed E-state index contributed by atoms with van der Waals surface area (Å²) in [6, 6.07) is 9.26. The number of piperidine rings is 1. The number of nitrogens with two attached hydrogens (primary N) is 2. The molecule has 11 heterocycles. The summed E-state index contributed by atoms with van der Waals surface area (Å²) < 4.78 is 54.6. The van der Waals surface area contributed by atoms with Crippen molar-refractivity contribution in [3.63, 3.8) is 0 Å². The Hall–Kier alpha value is -11.4. The van der Waals surface area contributed by atoms with Gasteiger partial charge in [0.2, 0.25) is 23.6 Å². The second-order valence-electron chi connectivity index (χ2n) is 35.3. The molecule has 10 atom stereocenters. The Morgan fingerprint density at radius 1 is 0.689 bits per heavy atom. The number of nitrogens with one attached hydrogen (secondary N) is 3. The Balaban J connectivity index is 0.478. The first kappa shape index (κ1) is 98.1. The minimum atomic E-state index is -1.34. The molecular weight excluding hydrogens is 1690 g/mol. The van der Waals surface area contributed by atoms with Crippen LogP contribution in [0.2, 0.25) is 0 Å². The molecule has 4 amide bonds. The van der Waals surface area contributed by atoms with Crippen molar-refractivity contribution in [2.45, 2.75) is 212 Å². The van der Waals surface area contributed by atoms with Gasteiger partial charge in [0.05, 0.1) is 89.0 Å². The van der Waals surface area contributed by atoms with E-state index < -0.39 is 72.0 Å². The van der Waals surface area contributed by atoms with Crippen molar-refractivity contribution < 1.29 is 86.1 Å². The molecule has 36 nitrogen and oxygen atoms in total. The monoisotopic (exact) mass is 1820 g/mol. The Morgan fingerprint density at radius 2 is 1.42 bits per heavy atom. The number of H-pyrrole nitrogens is 1. The summed E-state index contributed by atoms with van der Waals surface area (Å²) in [5.74, 6) is -2.89. The van der Waals surface area contributed by atoms with E-state index in [-0.39, 0.29) is 111 Å². The van der Waals surface area contributed by atoms with Gasteiger partial charge in [0, 0.05) is 145 Å². The SMILES string of the molecule is CO[C@H]1CC2CCCC(O2)C(=O)C(=O)N2CCCC[C@H]2C(=O)O[C@H](CCC2CCC(OC(=O)NCc3cnc(N4CCN(c5ncc(C(=O)NCCOCCOCCOCCOCCC(=O)N6CCc7cc(Cn8nc(-c9cnc%10[nH]ccc%10c9)c9c(N)ncnc98)ccc7C6)c(N)n5)CC4)nc3)CC2)CC(=O)[C@H](C)/C=C(\C)[C@@H](O)[C@@H](OC)C(=O)[C@H](C)C[C@H](C)/C=C/C=CC=C1C. The van der Waals surface area contributed by atoms with Crippen molar-refractivity contribution in [1.82, 2.24) is 70.1 Å². The predicted molar refractivity (Wildman–Crippen MR) is 492 cm³/mol. The van der Waals surface area contributed by atoms with Gasteiger partial charge in [-0.05, 0) is 156 Å². The van der Waals surface area contributed by atoms with Gasteiger partial charge >= 0.3 is 12.1 Å². The summed E-state index contributed by atoms with van der Waals surface area (Å²) >= 11 is 0. The number of hydrogen-bond donors (Lipinski definition) is 6. The van der Waals surface area contributed by atoms with Crippen LogP contribution in [0.15, 0.2) is 115 Å². The second kappa shape index (κ2) is 48.3. The minimum Gasteiger partial charge on any atom is -0.460 e. The molecule has 4 fully saturated rings. The number of nitrogens with zero attached hydrogens (tertiary/aromatic N) is 13. The highest BCUT2D eigenvalue weighted by Crippen LogP contribution is 2.36. The number of ketones is 3. The summed E-state index contributed by atoms with van der Waals surface area (Å²) in [7, 11) is 3.01. The van der Waals surface area contributed by atoms with Crippen molar-refractivity contribution in [1.29, 1.82) is 0 Å². The first-order chi connectivity index (χ1) is 63.9. The normalized spacial score (nSPS) is 24.4. The summed E-state index contributed by atoms with van der Waals surface area (Å²) in [5.41, 5.74) is 21.1. The molecule has 2 unspecified atom stereocenters. The Labute approximate surface area is 769 Å². The van der Waals surface area contributed by atoms with Crippen molar-refractivity contribution in [3.05, 3.63) is 143 Å². The molecule has 13 rings (SSSR count). The molecule has 3 saturated heterocycles. The molecule has 1 saturated carbocycles. The van der Waals surface area contributed by atoms with Crippen molar-refractivity contribution >= 4 is 92.7 Å². The maximum atomic E-state index is 14.5. The van der Waals surface area contributed by atoms with Gasteiger partial charge in [0.1, 0.15) is 71.6 Å². The number of pyridine rings is 1. The van der Waals surface area contributed by atoms with E-state index >= 15 is 0 Å². The van der Waals surface area contributed by atoms with E-state index in [0.717, 1.165) is 39.7 Å². The van der Waals surface area contributed by atoms with Gasteiger partial charge in [-0.2, -0.15) is 10.1 Å². The number of rotatable bonds is 29.